The molecule has 6 rings (SSSR count). The minimum atomic E-state index is -4.80. The van der Waals surface area contributed by atoms with Crippen LogP contribution < -0.4 is 20.7 Å². The number of hydrogen-bond acceptors (Lipinski definition) is 8. The molecule has 1 aromatic carbocycles. The Morgan fingerprint density at radius 3 is 2.67 bits per heavy atom. The molecule has 1 aliphatic carbocycles. The van der Waals surface area contributed by atoms with Gasteiger partial charge in [0.1, 0.15) is 17.3 Å². The molecule has 0 bridgehead atoms. The van der Waals surface area contributed by atoms with Gasteiger partial charge in [0.15, 0.2) is 11.4 Å². The van der Waals surface area contributed by atoms with Gasteiger partial charge in [-0.2, -0.15) is 9.61 Å². The third-order valence-corrected chi connectivity index (χ3v) is 7.35. The summed E-state index contributed by atoms with van der Waals surface area (Å²) >= 11 is 0. The molecule has 0 amide bonds. The lowest BCUT2D eigenvalue weighted by atomic mass is 9.95. The molecule has 3 aromatic heterocycles. The Labute approximate surface area is 228 Å². The molecule has 1 saturated heterocycles. The van der Waals surface area contributed by atoms with Crippen molar-refractivity contribution in [1.82, 2.24) is 24.9 Å². The summed E-state index contributed by atoms with van der Waals surface area (Å²) in [5.74, 6) is 1.75. The zero-order valence-electron chi connectivity index (χ0n) is 21.7. The van der Waals surface area contributed by atoms with Crippen molar-refractivity contribution in [3.8, 4) is 17.0 Å². The SMILES string of the molecule is O[C@H]1CNCC[C@@H]1CNc1cc(NCc2ccc(-c3ncccc3OC(F)(F)F)cc2)n2ncc(C3CC3)c2n1. The minimum absolute atomic E-state index is 0.119. The molecular formula is C28H30F3N7O2. The maximum absolute atomic E-state index is 12.8. The van der Waals surface area contributed by atoms with Crippen molar-refractivity contribution in [2.75, 3.05) is 30.3 Å². The third kappa shape index (κ3) is 5.97. The molecule has 4 N–H and O–H groups in total. The van der Waals surface area contributed by atoms with Crippen LogP contribution in [-0.4, -0.2) is 56.8 Å². The van der Waals surface area contributed by atoms with Gasteiger partial charge in [-0.15, -0.1) is 13.2 Å². The summed E-state index contributed by atoms with van der Waals surface area (Å²) in [6.07, 6.45) is 1.26. The maximum atomic E-state index is 12.8. The molecule has 210 valence electrons. The van der Waals surface area contributed by atoms with E-state index in [1.54, 1.807) is 16.6 Å². The minimum Gasteiger partial charge on any atom is -0.403 e. The number of alkyl halides is 3. The van der Waals surface area contributed by atoms with E-state index >= 15 is 0 Å². The molecule has 0 spiro atoms. The van der Waals surface area contributed by atoms with Crippen molar-refractivity contribution < 1.29 is 23.0 Å². The zero-order chi connectivity index (χ0) is 27.7. The number of hydrogen-bond donors (Lipinski definition) is 4. The van der Waals surface area contributed by atoms with Crippen molar-refractivity contribution in [1.29, 1.82) is 0 Å². The Morgan fingerprint density at radius 2 is 1.93 bits per heavy atom. The van der Waals surface area contributed by atoms with E-state index in [2.05, 4.69) is 30.8 Å². The van der Waals surface area contributed by atoms with Gasteiger partial charge in [0.25, 0.3) is 0 Å². The number of nitrogens with zero attached hydrogens (tertiary/aromatic N) is 4. The first kappa shape index (κ1) is 26.3. The number of β-amino-alcohol motifs (C(OH)–C–C–N with tert-alkyl or cyclic N) is 1. The van der Waals surface area contributed by atoms with E-state index in [0.29, 0.717) is 36.9 Å². The topological polar surface area (TPSA) is 109 Å². The van der Waals surface area contributed by atoms with E-state index in [1.165, 1.54) is 18.3 Å². The number of piperidine rings is 1. The summed E-state index contributed by atoms with van der Waals surface area (Å²) in [5, 5.41) is 25.0. The number of ether oxygens (including phenoxy) is 1. The predicted octanol–water partition coefficient (Wildman–Crippen LogP) is 4.56. The molecule has 4 heterocycles. The normalized spacial score (nSPS) is 19.5. The van der Waals surface area contributed by atoms with E-state index in [-0.39, 0.29) is 17.4 Å². The fourth-order valence-corrected chi connectivity index (χ4v) is 5.04. The standard InChI is InChI=1S/C28H30F3N7O2/c29-28(30,31)40-23-2-1-10-33-26(23)19-5-3-17(4-6-19)13-35-25-12-24(34-14-20-9-11-32-16-22(20)39)37-27-21(18-7-8-18)15-36-38(25)27/h1-6,10,12,15,18,20,22,32,35,39H,7-9,11,13-14,16H2,(H,34,37)/t20-,22+/m1/s1. The number of benzene rings is 1. The molecule has 0 radical (unpaired) electrons. The quantitative estimate of drug-likeness (QED) is 0.239. The number of pyridine rings is 1. The van der Waals surface area contributed by atoms with E-state index in [9.17, 15) is 18.3 Å². The Morgan fingerprint density at radius 1 is 1.10 bits per heavy atom. The average molecular weight is 554 g/mol. The molecule has 2 aliphatic rings. The fraction of sp³-hybridized carbons (Fsp3) is 0.393. The third-order valence-electron chi connectivity index (χ3n) is 7.35. The van der Waals surface area contributed by atoms with Gasteiger partial charge in [0, 0.05) is 48.9 Å². The highest BCUT2D eigenvalue weighted by Gasteiger charge is 2.32. The van der Waals surface area contributed by atoms with Crippen molar-refractivity contribution in [3.63, 3.8) is 0 Å². The first-order valence-electron chi connectivity index (χ1n) is 13.4. The van der Waals surface area contributed by atoms with Crippen LogP contribution in [0, 0.1) is 5.92 Å². The Balaban J connectivity index is 1.20. The first-order valence-corrected chi connectivity index (χ1v) is 13.4. The second kappa shape index (κ2) is 10.9. The highest BCUT2D eigenvalue weighted by Crippen LogP contribution is 2.42. The van der Waals surface area contributed by atoms with Gasteiger partial charge in [-0.3, -0.25) is 4.98 Å². The lowest BCUT2D eigenvalue weighted by Gasteiger charge is -2.28. The Hall–Kier alpha value is -3.90. The fourth-order valence-electron chi connectivity index (χ4n) is 5.04. The van der Waals surface area contributed by atoms with E-state index in [0.717, 1.165) is 48.4 Å². The monoisotopic (exact) mass is 553 g/mol. The average Bonchev–Trinajstić information content (AvgIpc) is 3.69. The Kier molecular flexibility index (Phi) is 7.20. The van der Waals surface area contributed by atoms with Gasteiger partial charge in [0.2, 0.25) is 0 Å². The van der Waals surface area contributed by atoms with Crippen LogP contribution in [0.25, 0.3) is 16.9 Å². The van der Waals surface area contributed by atoms with Gasteiger partial charge in [-0.1, -0.05) is 24.3 Å². The summed E-state index contributed by atoms with van der Waals surface area (Å²) in [6.45, 7) is 2.55. The van der Waals surface area contributed by atoms with Crippen LogP contribution in [-0.2, 0) is 6.54 Å². The molecule has 4 aromatic rings. The maximum Gasteiger partial charge on any atom is 0.573 e. The smallest absolute Gasteiger partial charge is 0.403 e. The van der Waals surface area contributed by atoms with Crippen LogP contribution in [0.5, 0.6) is 5.75 Å². The second-order valence-electron chi connectivity index (χ2n) is 10.3. The first-order chi connectivity index (χ1) is 19.3. The van der Waals surface area contributed by atoms with E-state index in [1.807, 2.05) is 24.4 Å². The molecule has 40 heavy (non-hydrogen) atoms. The van der Waals surface area contributed by atoms with Crippen LogP contribution in [0.1, 0.15) is 36.3 Å². The van der Waals surface area contributed by atoms with Crippen molar-refractivity contribution in [2.24, 2.45) is 5.92 Å². The number of halogens is 3. The van der Waals surface area contributed by atoms with Gasteiger partial charge in [-0.05, 0) is 49.4 Å². The number of aromatic nitrogens is 4. The van der Waals surface area contributed by atoms with Crippen LogP contribution >= 0.6 is 0 Å². The van der Waals surface area contributed by atoms with Gasteiger partial charge < -0.3 is 25.8 Å². The van der Waals surface area contributed by atoms with Crippen molar-refractivity contribution in [3.05, 3.63) is 66.0 Å². The van der Waals surface area contributed by atoms with Crippen molar-refractivity contribution in [2.45, 2.75) is 44.2 Å². The summed E-state index contributed by atoms with van der Waals surface area (Å²) < 4.78 is 44.4. The summed E-state index contributed by atoms with van der Waals surface area (Å²) in [6, 6.07) is 11.7. The number of anilines is 2. The second-order valence-corrected chi connectivity index (χ2v) is 10.3. The van der Waals surface area contributed by atoms with Crippen LogP contribution in [0.2, 0.25) is 0 Å². The molecule has 2 fully saturated rings. The number of rotatable bonds is 9. The van der Waals surface area contributed by atoms with E-state index in [4.69, 9.17) is 4.98 Å². The predicted molar refractivity (Wildman–Crippen MR) is 144 cm³/mol. The number of aliphatic hydroxyl groups is 1. The molecule has 2 atom stereocenters. The van der Waals surface area contributed by atoms with Crippen molar-refractivity contribution >= 4 is 17.3 Å². The molecule has 1 aliphatic heterocycles. The summed E-state index contributed by atoms with van der Waals surface area (Å²) in [5.41, 5.74) is 3.50. The summed E-state index contributed by atoms with van der Waals surface area (Å²) in [7, 11) is 0. The van der Waals surface area contributed by atoms with Crippen LogP contribution in [0.4, 0.5) is 24.8 Å². The lowest BCUT2D eigenvalue weighted by molar-refractivity contribution is -0.274. The lowest BCUT2D eigenvalue weighted by Crippen LogP contribution is -2.43. The Bertz CT molecular complexity index is 1470. The van der Waals surface area contributed by atoms with Gasteiger partial charge in [-0.25, -0.2) is 4.98 Å². The molecule has 1 saturated carbocycles. The van der Waals surface area contributed by atoms with Gasteiger partial charge in [0.05, 0.1) is 12.3 Å². The zero-order valence-corrected chi connectivity index (χ0v) is 21.7. The van der Waals surface area contributed by atoms with Crippen LogP contribution in [0.15, 0.2) is 54.9 Å². The number of nitrogens with one attached hydrogen (secondary N) is 3. The summed E-state index contributed by atoms with van der Waals surface area (Å²) in [4.78, 5) is 8.95. The number of aliphatic hydroxyl groups excluding tert-OH is 1. The van der Waals surface area contributed by atoms with Crippen LogP contribution in [0.3, 0.4) is 0 Å². The molecule has 0 unspecified atom stereocenters. The highest BCUT2D eigenvalue weighted by atomic mass is 19.4. The highest BCUT2D eigenvalue weighted by molar-refractivity contribution is 5.66. The molecule has 12 heteroatoms. The molecular weight excluding hydrogens is 523 g/mol. The molecule has 9 nitrogen and oxygen atoms in total. The number of fused-ring (bicyclic) bond motifs is 1. The largest absolute Gasteiger partial charge is 0.573 e. The van der Waals surface area contributed by atoms with E-state index < -0.39 is 12.5 Å². The van der Waals surface area contributed by atoms with Gasteiger partial charge >= 0.3 is 6.36 Å².